The lowest BCUT2D eigenvalue weighted by atomic mass is 10.1. The number of anilines is 1. The van der Waals surface area contributed by atoms with Crippen LogP contribution in [0.4, 0.5) is 10.5 Å². The van der Waals surface area contributed by atoms with Crippen molar-refractivity contribution in [1.82, 2.24) is 10.6 Å². The molecule has 1 fully saturated rings. The summed E-state index contributed by atoms with van der Waals surface area (Å²) in [4.78, 5) is 46.2. The van der Waals surface area contributed by atoms with Gasteiger partial charge in [-0.3, -0.25) is 19.7 Å². The van der Waals surface area contributed by atoms with Crippen LogP contribution in [0, 0.1) is 0 Å². The van der Waals surface area contributed by atoms with Gasteiger partial charge in [0.05, 0.1) is 0 Å². The minimum Gasteiger partial charge on any atom is -0.453 e. The number of urea groups is 1. The molecule has 0 aromatic heterocycles. The van der Waals surface area contributed by atoms with E-state index in [0.29, 0.717) is 5.69 Å². The van der Waals surface area contributed by atoms with Gasteiger partial charge in [0.25, 0.3) is 11.8 Å². The standard InChI is InChI=1S/C17H21N3O5/c1-3-11-4-6-12(7-5-11)18-15(22)10(2)25-14(21)9-8-13-16(23)20-17(24)19-13/h4-7,10,13H,3,8-9H2,1-2H3,(H,18,22)(H2,19,20,23,24)/t10-,13+/m1/s1. The molecule has 1 aromatic carbocycles. The topological polar surface area (TPSA) is 114 Å². The summed E-state index contributed by atoms with van der Waals surface area (Å²) in [5.74, 6) is -1.53. The van der Waals surface area contributed by atoms with E-state index in [4.69, 9.17) is 4.74 Å². The third-order valence-electron chi connectivity index (χ3n) is 3.80. The van der Waals surface area contributed by atoms with Gasteiger partial charge < -0.3 is 15.4 Å². The molecular weight excluding hydrogens is 326 g/mol. The van der Waals surface area contributed by atoms with Crippen molar-refractivity contribution in [2.75, 3.05) is 5.32 Å². The van der Waals surface area contributed by atoms with Crippen molar-refractivity contribution >= 4 is 29.5 Å². The molecule has 1 aromatic rings. The highest BCUT2D eigenvalue weighted by atomic mass is 16.5. The van der Waals surface area contributed by atoms with E-state index >= 15 is 0 Å². The van der Waals surface area contributed by atoms with Gasteiger partial charge in [0.1, 0.15) is 6.04 Å². The molecule has 0 radical (unpaired) electrons. The van der Waals surface area contributed by atoms with E-state index in [9.17, 15) is 19.2 Å². The highest BCUT2D eigenvalue weighted by Gasteiger charge is 2.30. The third-order valence-corrected chi connectivity index (χ3v) is 3.80. The van der Waals surface area contributed by atoms with Crippen molar-refractivity contribution in [3.63, 3.8) is 0 Å². The predicted molar refractivity (Wildman–Crippen MR) is 89.7 cm³/mol. The summed E-state index contributed by atoms with van der Waals surface area (Å²) < 4.78 is 5.06. The van der Waals surface area contributed by atoms with Crippen molar-refractivity contribution in [3.05, 3.63) is 29.8 Å². The zero-order chi connectivity index (χ0) is 18.4. The number of carbonyl (C=O) groups excluding carboxylic acids is 4. The van der Waals surface area contributed by atoms with Gasteiger partial charge in [0, 0.05) is 12.1 Å². The van der Waals surface area contributed by atoms with Gasteiger partial charge in [-0.2, -0.15) is 0 Å². The van der Waals surface area contributed by atoms with Crippen LogP contribution in [0.2, 0.25) is 0 Å². The number of carbonyl (C=O) groups is 4. The summed E-state index contributed by atoms with van der Waals surface area (Å²) in [6.45, 7) is 3.51. The number of amides is 4. The van der Waals surface area contributed by atoms with Crippen LogP contribution >= 0.6 is 0 Å². The number of nitrogens with one attached hydrogen (secondary N) is 3. The second-order valence-corrected chi connectivity index (χ2v) is 5.73. The summed E-state index contributed by atoms with van der Waals surface area (Å²) in [5.41, 5.74) is 1.77. The summed E-state index contributed by atoms with van der Waals surface area (Å²) in [7, 11) is 0. The minimum absolute atomic E-state index is 0.0822. The van der Waals surface area contributed by atoms with Gasteiger partial charge in [-0.1, -0.05) is 19.1 Å². The van der Waals surface area contributed by atoms with Crippen LogP contribution in [0.1, 0.15) is 32.3 Å². The molecule has 1 aliphatic rings. The summed E-state index contributed by atoms with van der Waals surface area (Å²) >= 11 is 0. The average molecular weight is 347 g/mol. The van der Waals surface area contributed by atoms with Gasteiger partial charge in [0.15, 0.2) is 6.10 Å². The highest BCUT2D eigenvalue weighted by Crippen LogP contribution is 2.11. The van der Waals surface area contributed by atoms with Crippen molar-refractivity contribution in [2.24, 2.45) is 0 Å². The number of ether oxygens (including phenoxy) is 1. The molecule has 3 N–H and O–H groups in total. The monoisotopic (exact) mass is 347 g/mol. The molecule has 0 unspecified atom stereocenters. The first-order valence-corrected chi connectivity index (χ1v) is 8.09. The Kier molecular flexibility index (Phi) is 6.10. The quantitative estimate of drug-likeness (QED) is 0.505. The highest BCUT2D eigenvalue weighted by molar-refractivity contribution is 6.04. The zero-order valence-electron chi connectivity index (χ0n) is 14.1. The Balaban J connectivity index is 1.76. The fourth-order valence-electron chi connectivity index (χ4n) is 2.30. The summed E-state index contributed by atoms with van der Waals surface area (Å²) in [5, 5.41) is 7.14. The molecule has 1 saturated heterocycles. The van der Waals surface area contributed by atoms with E-state index < -0.39 is 36.0 Å². The molecule has 25 heavy (non-hydrogen) atoms. The third kappa shape index (κ3) is 5.30. The number of benzene rings is 1. The van der Waals surface area contributed by atoms with Crippen LogP contribution in [0.3, 0.4) is 0 Å². The molecule has 1 heterocycles. The zero-order valence-corrected chi connectivity index (χ0v) is 14.1. The summed E-state index contributed by atoms with van der Waals surface area (Å²) in [6, 6.07) is 6.06. The number of esters is 1. The fraction of sp³-hybridized carbons (Fsp3) is 0.412. The smallest absolute Gasteiger partial charge is 0.322 e. The first-order valence-electron chi connectivity index (χ1n) is 8.09. The van der Waals surface area contributed by atoms with Crippen molar-refractivity contribution in [3.8, 4) is 0 Å². The van der Waals surface area contributed by atoms with Gasteiger partial charge in [-0.15, -0.1) is 0 Å². The fourth-order valence-corrected chi connectivity index (χ4v) is 2.30. The van der Waals surface area contributed by atoms with Crippen LogP contribution in [0.5, 0.6) is 0 Å². The minimum atomic E-state index is -0.967. The Morgan fingerprint density at radius 2 is 1.92 bits per heavy atom. The Hall–Kier alpha value is -2.90. The number of rotatable bonds is 7. The molecule has 0 aliphatic carbocycles. The van der Waals surface area contributed by atoms with Gasteiger partial charge >= 0.3 is 12.0 Å². The van der Waals surface area contributed by atoms with Crippen LogP contribution < -0.4 is 16.0 Å². The average Bonchev–Trinajstić information content (AvgIpc) is 2.91. The molecule has 2 rings (SSSR count). The van der Waals surface area contributed by atoms with Crippen LogP contribution in [-0.2, 0) is 25.5 Å². The summed E-state index contributed by atoms with van der Waals surface area (Å²) in [6.07, 6.45) is -0.0306. The Morgan fingerprint density at radius 1 is 1.24 bits per heavy atom. The Bertz CT molecular complexity index is 671. The number of hydrogen-bond donors (Lipinski definition) is 3. The van der Waals surface area contributed by atoms with E-state index in [2.05, 4.69) is 16.0 Å². The molecular formula is C17H21N3O5. The van der Waals surface area contributed by atoms with Crippen LogP contribution in [0.15, 0.2) is 24.3 Å². The first kappa shape index (κ1) is 18.4. The lowest BCUT2D eigenvalue weighted by molar-refractivity contribution is -0.153. The van der Waals surface area contributed by atoms with E-state index in [1.807, 2.05) is 19.1 Å². The maximum atomic E-state index is 12.0. The molecule has 8 heteroatoms. The second-order valence-electron chi connectivity index (χ2n) is 5.73. The van der Waals surface area contributed by atoms with E-state index in [0.717, 1.165) is 12.0 Å². The first-order chi connectivity index (χ1) is 11.9. The van der Waals surface area contributed by atoms with Gasteiger partial charge in [0.2, 0.25) is 0 Å². The predicted octanol–water partition coefficient (Wildman–Crippen LogP) is 1.11. The molecule has 134 valence electrons. The van der Waals surface area contributed by atoms with E-state index in [1.165, 1.54) is 6.92 Å². The van der Waals surface area contributed by atoms with Crippen LogP contribution in [0.25, 0.3) is 0 Å². The largest absolute Gasteiger partial charge is 0.453 e. The molecule has 0 saturated carbocycles. The van der Waals surface area contributed by atoms with Crippen molar-refractivity contribution < 1.29 is 23.9 Å². The van der Waals surface area contributed by atoms with Gasteiger partial charge in [-0.25, -0.2) is 4.79 Å². The molecule has 0 spiro atoms. The Morgan fingerprint density at radius 3 is 2.48 bits per heavy atom. The number of aryl methyl sites for hydroxylation is 1. The maximum Gasteiger partial charge on any atom is 0.322 e. The number of hydrogen-bond acceptors (Lipinski definition) is 5. The molecule has 4 amide bonds. The molecule has 1 aliphatic heterocycles. The lowest BCUT2D eigenvalue weighted by Gasteiger charge is -2.14. The normalized spacial score (nSPS) is 17.4. The maximum absolute atomic E-state index is 12.0. The van der Waals surface area contributed by atoms with Gasteiger partial charge in [-0.05, 0) is 37.5 Å². The lowest BCUT2D eigenvalue weighted by Crippen LogP contribution is -2.32. The van der Waals surface area contributed by atoms with Crippen molar-refractivity contribution in [1.29, 1.82) is 0 Å². The van der Waals surface area contributed by atoms with Crippen molar-refractivity contribution in [2.45, 2.75) is 45.3 Å². The number of imide groups is 1. The molecule has 2 atom stereocenters. The molecule has 0 bridgehead atoms. The van der Waals surface area contributed by atoms with Crippen LogP contribution in [-0.4, -0.2) is 36.0 Å². The SMILES string of the molecule is CCc1ccc(NC(=O)[C@@H](C)OC(=O)CC[C@@H]2NC(=O)NC2=O)cc1. The van der Waals surface area contributed by atoms with E-state index in [1.54, 1.807) is 12.1 Å². The van der Waals surface area contributed by atoms with E-state index in [-0.39, 0.29) is 12.8 Å². The molecule has 8 nitrogen and oxygen atoms in total. The second kappa shape index (κ2) is 8.27. The Labute approximate surface area is 145 Å².